The number of carbonyl (C=O) groups is 1. The first kappa shape index (κ1) is 21.1. The fourth-order valence-electron chi connectivity index (χ4n) is 2.67. The third-order valence-electron chi connectivity index (χ3n) is 4.21. The maximum absolute atomic E-state index is 12.2. The molecule has 0 saturated heterocycles. The van der Waals surface area contributed by atoms with E-state index in [0.29, 0.717) is 27.1 Å². The van der Waals surface area contributed by atoms with E-state index < -0.39 is 0 Å². The van der Waals surface area contributed by atoms with Crippen LogP contribution < -0.4 is 14.9 Å². The van der Waals surface area contributed by atoms with Crippen molar-refractivity contribution in [2.75, 3.05) is 7.11 Å². The first-order valence-electron chi connectivity index (χ1n) is 8.99. The molecule has 1 N–H and O–H groups in total. The Kier molecular flexibility index (Phi) is 7.19. The second-order valence-electron chi connectivity index (χ2n) is 6.15. The molecule has 0 aromatic heterocycles. The van der Waals surface area contributed by atoms with Crippen molar-refractivity contribution in [1.29, 1.82) is 5.26 Å². The zero-order valence-electron chi connectivity index (χ0n) is 16.1. The van der Waals surface area contributed by atoms with E-state index in [2.05, 4.69) is 32.5 Å². The second kappa shape index (κ2) is 10.2. The summed E-state index contributed by atoms with van der Waals surface area (Å²) < 4.78 is 11.9. The van der Waals surface area contributed by atoms with Gasteiger partial charge in [0.15, 0.2) is 11.5 Å². The van der Waals surface area contributed by atoms with Gasteiger partial charge in [0.1, 0.15) is 6.61 Å². The largest absolute Gasteiger partial charge is 0.493 e. The van der Waals surface area contributed by atoms with Crippen LogP contribution in [0, 0.1) is 11.3 Å². The van der Waals surface area contributed by atoms with Gasteiger partial charge in [0, 0.05) is 10.0 Å². The maximum Gasteiger partial charge on any atom is 0.272 e. The molecule has 0 fully saturated rings. The van der Waals surface area contributed by atoms with Crippen LogP contribution in [0.2, 0.25) is 0 Å². The quantitative estimate of drug-likeness (QED) is 0.407. The second-order valence-corrected chi connectivity index (χ2v) is 7.00. The molecule has 3 aromatic rings. The smallest absolute Gasteiger partial charge is 0.272 e. The van der Waals surface area contributed by atoms with Crippen molar-refractivity contribution in [1.82, 2.24) is 5.43 Å². The van der Waals surface area contributed by atoms with Crippen molar-refractivity contribution in [3.05, 3.63) is 93.5 Å². The Morgan fingerprint density at radius 1 is 1.13 bits per heavy atom. The van der Waals surface area contributed by atoms with Crippen LogP contribution in [0.4, 0.5) is 0 Å². The number of rotatable bonds is 7. The zero-order chi connectivity index (χ0) is 21.3. The predicted octanol–water partition coefficient (Wildman–Crippen LogP) is 4.67. The van der Waals surface area contributed by atoms with Gasteiger partial charge in [-0.3, -0.25) is 4.79 Å². The molecule has 0 aliphatic carbocycles. The van der Waals surface area contributed by atoms with E-state index in [9.17, 15) is 10.1 Å². The molecule has 3 rings (SSSR count). The molecule has 0 aliphatic heterocycles. The summed E-state index contributed by atoms with van der Waals surface area (Å²) in [5, 5.41) is 13.2. The minimum absolute atomic E-state index is 0.246. The Hall–Kier alpha value is -3.63. The van der Waals surface area contributed by atoms with Gasteiger partial charge in [-0.25, -0.2) is 5.43 Å². The van der Waals surface area contributed by atoms with Gasteiger partial charge in [-0.15, -0.1) is 0 Å². The highest BCUT2D eigenvalue weighted by molar-refractivity contribution is 9.10. The van der Waals surface area contributed by atoms with E-state index >= 15 is 0 Å². The molecule has 3 aromatic carbocycles. The predicted molar refractivity (Wildman–Crippen MR) is 118 cm³/mol. The van der Waals surface area contributed by atoms with E-state index in [1.54, 1.807) is 49.6 Å². The highest BCUT2D eigenvalue weighted by Crippen LogP contribution is 2.28. The number of nitrogens with one attached hydrogen (secondary N) is 1. The van der Waals surface area contributed by atoms with E-state index in [1.807, 2.05) is 24.3 Å². The molecule has 0 spiro atoms. The van der Waals surface area contributed by atoms with Gasteiger partial charge in [-0.05, 0) is 57.9 Å². The van der Waals surface area contributed by atoms with E-state index in [-0.39, 0.29) is 12.5 Å². The molecule has 30 heavy (non-hydrogen) atoms. The average Bonchev–Trinajstić information content (AvgIpc) is 2.78. The number of hydrogen-bond donors (Lipinski definition) is 1. The summed E-state index contributed by atoms with van der Waals surface area (Å²) in [5.74, 6) is 0.743. The molecule has 0 unspecified atom stereocenters. The highest BCUT2D eigenvalue weighted by Gasteiger charge is 2.09. The molecular formula is C23H18BrN3O3. The SMILES string of the molecule is COc1cc(/C=N\NC(=O)c2ccccc2Br)ccc1OCc1ccccc1C#N. The number of benzene rings is 3. The van der Waals surface area contributed by atoms with E-state index in [1.165, 1.54) is 6.21 Å². The Bertz CT molecular complexity index is 1120. The Labute approximate surface area is 182 Å². The summed E-state index contributed by atoms with van der Waals surface area (Å²) >= 11 is 3.34. The number of nitrogens with zero attached hydrogens (tertiary/aromatic N) is 2. The van der Waals surface area contributed by atoms with Crippen molar-refractivity contribution in [3.63, 3.8) is 0 Å². The van der Waals surface area contributed by atoms with Crippen LogP contribution in [-0.4, -0.2) is 19.2 Å². The summed E-state index contributed by atoms with van der Waals surface area (Å²) in [7, 11) is 1.54. The first-order chi connectivity index (χ1) is 14.6. The fourth-order valence-corrected chi connectivity index (χ4v) is 3.13. The summed E-state index contributed by atoms with van der Waals surface area (Å²) in [6, 6.07) is 21.8. The van der Waals surface area contributed by atoms with Crippen molar-refractivity contribution in [3.8, 4) is 17.6 Å². The third kappa shape index (κ3) is 5.25. The molecule has 6 nitrogen and oxygen atoms in total. The minimum Gasteiger partial charge on any atom is -0.493 e. The molecular weight excluding hydrogens is 446 g/mol. The minimum atomic E-state index is -0.318. The molecule has 0 heterocycles. The van der Waals surface area contributed by atoms with Crippen molar-refractivity contribution in [2.45, 2.75) is 6.61 Å². The lowest BCUT2D eigenvalue weighted by Crippen LogP contribution is -2.18. The number of methoxy groups -OCH3 is 1. The molecule has 1 amide bonds. The molecule has 0 bridgehead atoms. The van der Waals surface area contributed by atoms with Gasteiger partial charge in [-0.2, -0.15) is 10.4 Å². The van der Waals surface area contributed by atoms with Gasteiger partial charge in [-0.1, -0.05) is 30.3 Å². The molecule has 0 radical (unpaired) electrons. The number of nitriles is 1. The Morgan fingerprint density at radius 2 is 1.90 bits per heavy atom. The van der Waals surface area contributed by atoms with Crippen molar-refractivity contribution < 1.29 is 14.3 Å². The molecule has 0 aliphatic rings. The van der Waals surface area contributed by atoms with Gasteiger partial charge in [0.25, 0.3) is 5.91 Å². The van der Waals surface area contributed by atoms with Crippen LogP contribution in [0.3, 0.4) is 0 Å². The van der Waals surface area contributed by atoms with Gasteiger partial charge in [0.05, 0.1) is 30.5 Å². The van der Waals surface area contributed by atoms with E-state index in [0.717, 1.165) is 11.1 Å². The van der Waals surface area contributed by atoms with Gasteiger partial charge < -0.3 is 9.47 Å². The van der Waals surface area contributed by atoms with Crippen LogP contribution in [0.15, 0.2) is 76.3 Å². The number of hydrazone groups is 1. The average molecular weight is 464 g/mol. The summed E-state index contributed by atoms with van der Waals surface area (Å²) in [5.41, 5.74) is 5.08. The number of halogens is 1. The normalized spacial score (nSPS) is 10.4. The summed E-state index contributed by atoms with van der Waals surface area (Å²) in [6.45, 7) is 0.246. The first-order valence-corrected chi connectivity index (χ1v) is 9.78. The highest BCUT2D eigenvalue weighted by atomic mass is 79.9. The fraction of sp³-hybridized carbons (Fsp3) is 0.0870. The lowest BCUT2D eigenvalue weighted by molar-refractivity contribution is 0.0954. The van der Waals surface area contributed by atoms with Gasteiger partial charge >= 0.3 is 0 Å². The zero-order valence-corrected chi connectivity index (χ0v) is 17.7. The monoisotopic (exact) mass is 463 g/mol. The van der Waals surface area contributed by atoms with Crippen molar-refractivity contribution in [2.24, 2.45) is 5.10 Å². The lowest BCUT2D eigenvalue weighted by atomic mass is 10.1. The molecule has 7 heteroatoms. The number of carbonyl (C=O) groups excluding carboxylic acids is 1. The van der Waals surface area contributed by atoms with Crippen LogP contribution >= 0.6 is 15.9 Å². The number of hydrogen-bond acceptors (Lipinski definition) is 5. The van der Waals surface area contributed by atoms with Crippen LogP contribution in [0.25, 0.3) is 0 Å². The Balaban J connectivity index is 1.66. The van der Waals surface area contributed by atoms with Gasteiger partial charge in [0.2, 0.25) is 0 Å². The van der Waals surface area contributed by atoms with Crippen LogP contribution in [-0.2, 0) is 6.61 Å². The van der Waals surface area contributed by atoms with Crippen molar-refractivity contribution >= 4 is 28.1 Å². The summed E-state index contributed by atoms with van der Waals surface area (Å²) in [6.07, 6.45) is 1.52. The van der Waals surface area contributed by atoms with E-state index in [4.69, 9.17) is 9.47 Å². The van der Waals surface area contributed by atoms with Crippen LogP contribution in [0.1, 0.15) is 27.0 Å². The molecule has 0 saturated carbocycles. The maximum atomic E-state index is 12.2. The molecule has 0 atom stereocenters. The molecule has 150 valence electrons. The number of amides is 1. The summed E-state index contributed by atoms with van der Waals surface area (Å²) in [4.78, 5) is 12.2. The van der Waals surface area contributed by atoms with Crippen LogP contribution in [0.5, 0.6) is 11.5 Å². The lowest BCUT2D eigenvalue weighted by Gasteiger charge is -2.12. The Morgan fingerprint density at radius 3 is 2.67 bits per heavy atom. The standard InChI is InChI=1S/C23H18BrN3O3/c1-29-22-12-16(14-26-27-23(28)19-8-4-5-9-20(19)24)10-11-21(22)30-15-18-7-3-2-6-17(18)13-25/h2-12,14H,15H2,1H3,(H,27,28)/b26-14-. The third-order valence-corrected chi connectivity index (χ3v) is 4.90. The number of ether oxygens (including phenoxy) is 2. The topological polar surface area (TPSA) is 83.7 Å².